The van der Waals surface area contributed by atoms with Gasteiger partial charge in [0.05, 0.1) is 34.9 Å². The molecule has 0 bridgehead atoms. The topological polar surface area (TPSA) is 250 Å². The largest absolute Gasteiger partial charge is 1.00 e. The number of likely N-dealkylation sites (N-methyl/N-ethyl adjacent to an activating group) is 1. The molecule has 1 heterocycles. The number of aliphatic carboxylic acids is 1. The number of esters is 1. The number of rotatable bonds is 53. The summed E-state index contributed by atoms with van der Waals surface area (Å²) in [5, 5.41) is 18.7. The van der Waals surface area contributed by atoms with E-state index in [-0.39, 0.29) is 77.9 Å². The van der Waals surface area contributed by atoms with E-state index in [1.54, 1.807) is 0 Å². The number of quaternary nitrogens is 1. The number of Topliss-reactive ketones (excluding diaryl/α,β-unsaturated/α-hetero) is 1. The Kier molecular flexibility index (Phi) is 83.4. The zero-order valence-electron chi connectivity index (χ0n) is 57.2. The van der Waals surface area contributed by atoms with Crippen LogP contribution in [0.15, 0.2) is 0 Å². The first-order valence-electron chi connectivity index (χ1n) is 33.8. The van der Waals surface area contributed by atoms with Gasteiger partial charge in [-0.15, -0.1) is 15.0 Å². The number of aromatic nitrogens is 3. The fraction of sp³-hybridized carbons (Fsp3) is 0.910. The molecule has 0 spiro atoms. The zero-order chi connectivity index (χ0) is 64.6. The molecule has 0 atom stereocenters. The number of halogens is 3. The van der Waals surface area contributed by atoms with E-state index in [0.29, 0.717) is 24.9 Å². The number of carbonyl (C=O) groups excluding carboxylic acids is 3. The van der Waals surface area contributed by atoms with E-state index in [4.69, 9.17) is 32.3 Å². The summed E-state index contributed by atoms with van der Waals surface area (Å²) in [6, 6.07) is 0.294. The van der Waals surface area contributed by atoms with Gasteiger partial charge in [-0.05, 0) is 38.5 Å². The van der Waals surface area contributed by atoms with Crippen LogP contribution in [0.2, 0.25) is 0 Å². The van der Waals surface area contributed by atoms with E-state index in [2.05, 4.69) is 49.6 Å². The van der Waals surface area contributed by atoms with Gasteiger partial charge in [0, 0.05) is 25.4 Å². The van der Waals surface area contributed by atoms with Crippen molar-refractivity contribution in [2.24, 2.45) is 0 Å². The second kappa shape index (κ2) is 73.8. The van der Waals surface area contributed by atoms with Gasteiger partial charge in [0.15, 0.2) is 16.7 Å². The van der Waals surface area contributed by atoms with Crippen LogP contribution in [0.1, 0.15) is 344 Å². The van der Waals surface area contributed by atoms with E-state index in [9.17, 15) is 32.7 Å². The fourth-order valence-corrected chi connectivity index (χ4v) is 9.04. The number of nitrogens with zero attached hydrogens (tertiary/aromatic N) is 4. The maximum absolute atomic E-state index is 12.1. The van der Waals surface area contributed by atoms with Crippen LogP contribution in [0.5, 0.6) is 12.0 Å². The zero-order valence-corrected chi connectivity index (χ0v) is 60.0. The number of unbranched alkanes of at least 4 members (excludes halogenated alkanes) is 39. The third-order valence-electron chi connectivity index (χ3n) is 14.4. The van der Waals surface area contributed by atoms with Crippen molar-refractivity contribution in [1.82, 2.24) is 19.4 Å². The first-order valence-corrected chi connectivity index (χ1v) is 35.3. The maximum Gasteiger partial charge on any atom is 1.00 e. The summed E-state index contributed by atoms with van der Waals surface area (Å²) in [5.41, 5.74) is -5.65. The number of carboxylic acids is 1. The minimum Gasteiger partial charge on any atom is -0.741 e. The Morgan fingerprint density at radius 2 is 0.727 bits per heavy atom. The number of methoxy groups -OCH3 is 2. The van der Waals surface area contributed by atoms with Gasteiger partial charge in [-0.2, -0.15) is 13.2 Å². The molecule has 0 aliphatic rings. The number of hydrogen-bond donors (Lipinski definition) is 1. The van der Waals surface area contributed by atoms with Gasteiger partial charge >= 0.3 is 59.0 Å². The first kappa shape index (κ1) is 99.4. The summed E-state index contributed by atoms with van der Waals surface area (Å²) in [6.07, 6.45) is 58.6. The Morgan fingerprint density at radius 3 is 0.977 bits per heavy atom. The number of ether oxygens (including phenoxy) is 3. The Morgan fingerprint density at radius 1 is 0.477 bits per heavy atom. The average molecular weight is 1300 g/mol. The van der Waals surface area contributed by atoms with Gasteiger partial charge < -0.3 is 39.2 Å². The molecule has 3 N–H and O–H groups in total. The quantitative estimate of drug-likeness (QED) is 0.0159. The molecule has 0 unspecified atom stereocenters. The molecule has 0 aliphatic heterocycles. The molecule has 0 saturated heterocycles. The molecule has 0 fully saturated rings. The van der Waals surface area contributed by atoms with Crippen molar-refractivity contribution in [2.45, 2.75) is 349 Å². The Hall–Kier alpha value is -2.20. The van der Waals surface area contributed by atoms with Crippen LogP contribution in [-0.4, -0.2) is 110 Å². The number of hydrogen-bond acceptors (Lipinski definition) is 14. The fourth-order valence-electron chi connectivity index (χ4n) is 9.04. The molecule has 1 aromatic rings. The molecule has 0 aromatic carbocycles. The van der Waals surface area contributed by atoms with E-state index >= 15 is 0 Å². The van der Waals surface area contributed by atoms with Crippen LogP contribution in [0.4, 0.5) is 19.1 Å². The molecule has 0 aliphatic carbocycles. The maximum atomic E-state index is 12.1. The van der Waals surface area contributed by atoms with Crippen LogP contribution in [0.25, 0.3) is 0 Å². The second-order valence-corrected chi connectivity index (χ2v) is 24.6. The molecule has 0 amide bonds. The van der Waals surface area contributed by atoms with E-state index in [0.717, 1.165) is 57.8 Å². The number of aliphatic hydroxyl groups is 1. The average Bonchev–Trinajstić information content (AvgIpc) is 2.08. The van der Waals surface area contributed by atoms with Gasteiger partial charge in [-0.25, -0.2) is 13.2 Å². The summed E-state index contributed by atoms with van der Waals surface area (Å²) in [4.78, 5) is 46.5. The van der Waals surface area contributed by atoms with Gasteiger partial charge in [0.2, 0.25) is 0 Å². The van der Waals surface area contributed by atoms with Crippen molar-refractivity contribution in [1.29, 1.82) is 0 Å². The molecule has 16 nitrogen and oxygen atoms in total. The van der Waals surface area contributed by atoms with E-state index < -0.39 is 21.6 Å². The molecule has 1 aromatic heterocycles. The van der Waals surface area contributed by atoms with E-state index in [1.807, 2.05) is 14.1 Å². The van der Waals surface area contributed by atoms with Crippen molar-refractivity contribution < 1.29 is 100.0 Å². The van der Waals surface area contributed by atoms with Crippen molar-refractivity contribution in [3.63, 3.8) is 0 Å². The van der Waals surface area contributed by atoms with Gasteiger partial charge in [-0.3, -0.25) is 9.28 Å². The van der Waals surface area contributed by atoms with Crippen LogP contribution >= 0.6 is 0 Å². The van der Waals surface area contributed by atoms with Crippen molar-refractivity contribution >= 4 is 33.8 Å². The Balaban J connectivity index is -0.000000195. The normalized spacial score (nSPS) is 10.8. The molecule has 21 heteroatoms. The predicted octanol–water partition coefficient (Wildman–Crippen LogP) is 14.6. The van der Waals surface area contributed by atoms with Crippen LogP contribution < -0.4 is 48.6 Å². The van der Waals surface area contributed by atoms with Crippen LogP contribution in [0.3, 0.4) is 0 Å². The smallest absolute Gasteiger partial charge is 0.741 e. The molecular weight excluding hydrogens is 1160 g/mol. The summed E-state index contributed by atoms with van der Waals surface area (Å²) in [5.74, 6) is -0.299. The standard InChI is InChI=1S/C24H48O.C17H31N4O4.C12H24O2.C12H26O.CHF3O3S.CH4.Na.H2O/c1-3-5-7-9-11-13-15-17-19-21-23-24(25)22-20-18-16-14-12-10-8-6-4-2;1-6-7-8-9-10-11-12-25-14(22)13-21(2,3)15-18-16(23-4)20-17(19-15)24-5;1-2-3-4-5-6-7-8-9-10-11-12(13)14;1-2-3-4-5-6-7-8-9-10-11-12-13;2-1(3,4)8(5,6)7;;;/h3-23H2,1-2H3;6-13H2,1-5H3;2-11H2,1H3,(H,13,14);13H,2-12H2,1H3;(H,5,6,7);1H4;;1H2/q;+1;;;;;+1;/p-2. The summed E-state index contributed by atoms with van der Waals surface area (Å²) in [7, 11) is 0.480. The van der Waals surface area contributed by atoms with Crippen molar-refractivity contribution in [3.05, 3.63) is 0 Å². The Bertz CT molecular complexity index is 1710. The van der Waals surface area contributed by atoms with Crippen molar-refractivity contribution in [3.8, 4) is 12.0 Å². The number of ketones is 1. The van der Waals surface area contributed by atoms with Crippen LogP contribution in [-0.2, 0) is 29.2 Å². The first-order chi connectivity index (χ1) is 40.7. The molecule has 1 rings (SSSR count). The third-order valence-corrected chi connectivity index (χ3v) is 15.0. The molecule has 88 heavy (non-hydrogen) atoms. The summed E-state index contributed by atoms with van der Waals surface area (Å²) >= 11 is 0. The van der Waals surface area contributed by atoms with Gasteiger partial charge in [-0.1, -0.05) is 292 Å². The summed E-state index contributed by atoms with van der Waals surface area (Å²) in [6.45, 7) is 12.2. The number of carbonyl (C=O) groups is 3. The Labute approximate surface area is 559 Å². The van der Waals surface area contributed by atoms with Gasteiger partial charge in [0.25, 0.3) is 0 Å². The predicted molar refractivity (Wildman–Crippen MR) is 351 cm³/mol. The minimum atomic E-state index is -6.09. The molecule has 0 radical (unpaired) electrons. The summed E-state index contributed by atoms with van der Waals surface area (Å²) < 4.78 is 74.4. The molecule has 522 valence electrons. The number of carboxylic acid groups (broad SMARTS) is 1. The van der Waals surface area contributed by atoms with Gasteiger partial charge in [0.1, 0.15) is 5.78 Å². The monoisotopic (exact) mass is 1300 g/mol. The second-order valence-electron chi connectivity index (χ2n) is 23.2. The minimum absolute atomic E-state index is 0. The van der Waals surface area contributed by atoms with Crippen LogP contribution in [0, 0.1) is 0 Å². The third kappa shape index (κ3) is 76.3. The number of aliphatic hydroxyl groups excluding tert-OH is 1. The van der Waals surface area contributed by atoms with E-state index in [1.165, 1.54) is 252 Å². The van der Waals surface area contributed by atoms with Crippen molar-refractivity contribution in [2.75, 3.05) is 48.1 Å². The molecule has 0 saturated carbocycles. The molecular formula is C67H134F3N4NaO12S. The SMILES string of the molecule is C.CCCCCCCCCCCC(=O)[O-].CCCCCCCCCCCCC(=O)CCCCCCCCCCC.CCCCCCCCCCCCO.CCCCCCCCOC(=O)C[N+](C)(C)c1nc(OC)nc(OC)n1.O.O=S(=O)([O-])C(F)(F)F.[Na+]. The number of alkyl halides is 3.